The monoisotopic (exact) mass is 444 g/mol. The Hall–Kier alpha value is -4.46. The molecular weight excluding hydrogens is 423 g/mol. The number of hydrogen-bond acceptors (Lipinski definition) is 3. The minimum Gasteiger partial charge on any atom is -0.465 e. The standard InChI is InChI=1S/C25H21FN4O3/c26-21-9-5-4-8-19(21)24-20(14-28-30-24)23(29-22(31)15-27-25(32)33)18-12-10-17(11-13-18)16-6-2-1-3-7-16/h1-14,23,27H,15H2,(H,28,30)(H,29,31)(H,32,33). The summed E-state index contributed by atoms with van der Waals surface area (Å²) in [5.41, 5.74) is 4.07. The highest BCUT2D eigenvalue weighted by molar-refractivity contribution is 5.83. The van der Waals surface area contributed by atoms with Gasteiger partial charge in [0, 0.05) is 11.1 Å². The summed E-state index contributed by atoms with van der Waals surface area (Å²) < 4.78 is 14.5. The minimum absolute atomic E-state index is 0.314. The van der Waals surface area contributed by atoms with E-state index in [0.29, 0.717) is 16.8 Å². The van der Waals surface area contributed by atoms with E-state index in [1.54, 1.807) is 18.2 Å². The quantitative estimate of drug-likeness (QED) is 0.340. The first-order valence-corrected chi connectivity index (χ1v) is 10.2. The van der Waals surface area contributed by atoms with E-state index in [1.165, 1.54) is 12.3 Å². The maximum Gasteiger partial charge on any atom is 0.405 e. The lowest BCUT2D eigenvalue weighted by Gasteiger charge is -2.20. The molecular formula is C25H21FN4O3. The molecule has 4 N–H and O–H groups in total. The van der Waals surface area contributed by atoms with Crippen LogP contribution in [-0.2, 0) is 4.79 Å². The van der Waals surface area contributed by atoms with Gasteiger partial charge in [-0.25, -0.2) is 9.18 Å². The van der Waals surface area contributed by atoms with Crippen molar-refractivity contribution in [3.05, 3.63) is 102 Å². The first kappa shape index (κ1) is 21.8. The predicted molar refractivity (Wildman–Crippen MR) is 122 cm³/mol. The summed E-state index contributed by atoms with van der Waals surface area (Å²) >= 11 is 0. The Kier molecular flexibility index (Phi) is 6.45. The van der Waals surface area contributed by atoms with Crippen LogP contribution >= 0.6 is 0 Å². The molecule has 0 bridgehead atoms. The molecule has 3 aromatic carbocycles. The van der Waals surface area contributed by atoms with Gasteiger partial charge in [-0.1, -0.05) is 66.7 Å². The third-order valence-corrected chi connectivity index (χ3v) is 5.18. The fourth-order valence-electron chi connectivity index (χ4n) is 3.60. The second-order valence-electron chi connectivity index (χ2n) is 7.33. The van der Waals surface area contributed by atoms with Gasteiger partial charge < -0.3 is 15.7 Å². The number of halogens is 1. The summed E-state index contributed by atoms with van der Waals surface area (Å²) in [6.07, 6.45) is 0.229. The van der Waals surface area contributed by atoms with Crippen molar-refractivity contribution >= 4 is 12.0 Å². The molecule has 166 valence electrons. The molecule has 0 fully saturated rings. The van der Waals surface area contributed by atoms with Crippen molar-refractivity contribution in [2.75, 3.05) is 6.54 Å². The third kappa shape index (κ3) is 5.07. The van der Waals surface area contributed by atoms with Gasteiger partial charge in [0.05, 0.1) is 17.9 Å². The van der Waals surface area contributed by atoms with Gasteiger partial charge in [-0.15, -0.1) is 0 Å². The number of carboxylic acid groups (broad SMARTS) is 1. The molecule has 4 rings (SSSR count). The lowest BCUT2D eigenvalue weighted by atomic mass is 9.94. The number of aromatic nitrogens is 2. The number of carbonyl (C=O) groups excluding carboxylic acids is 1. The van der Waals surface area contributed by atoms with Crippen molar-refractivity contribution in [1.29, 1.82) is 0 Å². The van der Waals surface area contributed by atoms with Crippen molar-refractivity contribution in [2.24, 2.45) is 0 Å². The van der Waals surface area contributed by atoms with E-state index >= 15 is 0 Å². The summed E-state index contributed by atoms with van der Waals surface area (Å²) in [4.78, 5) is 23.3. The van der Waals surface area contributed by atoms with E-state index < -0.39 is 30.4 Å². The summed E-state index contributed by atoms with van der Waals surface area (Å²) in [6.45, 7) is -0.416. The first-order chi connectivity index (χ1) is 16.0. The molecule has 2 amide bonds. The van der Waals surface area contributed by atoms with Gasteiger partial charge in [0.2, 0.25) is 5.91 Å². The van der Waals surface area contributed by atoms with Crippen LogP contribution < -0.4 is 10.6 Å². The van der Waals surface area contributed by atoms with Crippen molar-refractivity contribution in [3.63, 3.8) is 0 Å². The van der Waals surface area contributed by atoms with Crippen LogP contribution in [0.4, 0.5) is 9.18 Å². The van der Waals surface area contributed by atoms with Crippen LogP contribution in [0.15, 0.2) is 85.1 Å². The fraction of sp³-hybridized carbons (Fsp3) is 0.0800. The molecule has 4 aromatic rings. The van der Waals surface area contributed by atoms with E-state index in [0.717, 1.165) is 16.7 Å². The number of aromatic amines is 1. The molecule has 0 spiro atoms. The molecule has 8 heteroatoms. The topological polar surface area (TPSA) is 107 Å². The largest absolute Gasteiger partial charge is 0.465 e. The molecule has 0 aliphatic heterocycles. The van der Waals surface area contributed by atoms with E-state index in [2.05, 4.69) is 20.8 Å². The van der Waals surface area contributed by atoms with E-state index in [4.69, 9.17) is 5.11 Å². The number of amides is 2. The second kappa shape index (κ2) is 9.78. The Morgan fingerprint density at radius 2 is 1.61 bits per heavy atom. The van der Waals surface area contributed by atoms with Crippen LogP contribution in [-0.4, -0.2) is 33.8 Å². The molecule has 0 aliphatic rings. The number of rotatable bonds is 7. The van der Waals surface area contributed by atoms with Crippen molar-refractivity contribution in [2.45, 2.75) is 6.04 Å². The maximum absolute atomic E-state index is 14.5. The van der Waals surface area contributed by atoms with E-state index in [1.807, 2.05) is 54.6 Å². The number of carbonyl (C=O) groups is 2. The van der Waals surface area contributed by atoms with Crippen LogP contribution in [0.25, 0.3) is 22.4 Å². The number of nitrogens with zero attached hydrogens (tertiary/aromatic N) is 1. The Bertz CT molecular complexity index is 1260. The summed E-state index contributed by atoms with van der Waals surface area (Å²) in [6, 6.07) is 23.0. The average molecular weight is 444 g/mol. The molecule has 1 unspecified atom stereocenters. The van der Waals surface area contributed by atoms with Gasteiger partial charge in [-0.3, -0.25) is 9.89 Å². The van der Waals surface area contributed by atoms with Gasteiger partial charge in [0.15, 0.2) is 0 Å². The fourth-order valence-corrected chi connectivity index (χ4v) is 3.60. The van der Waals surface area contributed by atoms with Crippen LogP contribution in [0.3, 0.4) is 0 Å². The zero-order valence-electron chi connectivity index (χ0n) is 17.5. The number of nitrogens with one attached hydrogen (secondary N) is 3. The molecule has 1 heterocycles. The molecule has 7 nitrogen and oxygen atoms in total. The predicted octanol–water partition coefficient (Wildman–Crippen LogP) is 4.36. The second-order valence-corrected chi connectivity index (χ2v) is 7.33. The van der Waals surface area contributed by atoms with Crippen molar-refractivity contribution < 1.29 is 19.1 Å². The van der Waals surface area contributed by atoms with Gasteiger partial charge in [-0.2, -0.15) is 5.10 Å². The molecule has 0 aliphatic carbocycles. The van der Waals surface area contributed by atoms with Crippen molar-refractivity contribution in [1.82, 2.24) is 20.8 Å². The molecule has 33 heavy (non-hydrogen) atoms. The van der Waals surface area contributed by atoms with Gasteiger partial charge in [0.1, 0.15) is 12.4 Å². The smallest absolute Gasteiger partial charge is 0.405 e. The van der Waals surface area contributed by atoms with Gasteiger partial charge in [-0.05, 0) is 28.8 Å². The zero-order valence-corrected chi connectivity index (χ0v) is 17.5. The highest BCUT2D eigenvalue weighted by atomic mass is 19.1. The highest BCUT2D eigenvalue weighted by Crippen LogP contribution is 2.32. The van der Waals surface area contributed by atoms with E-state index in [9.17, 15) is 14.0 Å². The molecule has 0 saturated carbocycles. The third-order valence-electron chi connectivity index (χ3n) is 5.18. The Morgan fingerprint density at radius 1 is 0.939 bits per heavy atom. The van der Waals surface area contributed by atoms with E-state index in [-0.39, 0.29) is 0 Å². The maximum atomic E-state index is 14.5. The van der Waals surface area contributed by atoms with Crippen molar-refractivity contribution in [3.8, 4) is 22.4 Å². The lowest BCUT2D eigenvalue weighted by Crippen LogP contribution is -2.38. The van der Waals surface area contributed by atoms with Crippen LogP contribution in [0.5, 0.6) is 0 Å². The lowest BCUT2D eigenvalue weighted by molar-refractivity contribution is -0.120. The number of H-pyrrole nitrogens is 1. The zero-order chi connectivity index (χ0) is 23.2. The van der Waals surface area contributed by atoms with Crippen LogP contribution in [0.2, 0.25) is 0 Å². The summed E-state index contributed by atoms with van der Waals surface area (Å²) in [5.74, 6) is -0.963. The average Bonchev–Trinajstić information content (AvgIpc) is 3.31. The normalized spacial score (nSPS) is 11.5. The van der Waals surface area contributed by atoms with Gasteiger partial charge in [0.25, 0.3) is 0 Å². The van der Waals surface area contributed by atoms with Crippen LogP contribution in [0, 0.1) is 5.82 Å². The van der Waals surface area contributed by atoms with Gasteiger partial charge >= 0.3 is 6.09 Å². The Labute approximate surface area is 189 Å². The minimum atomic E-state index is -1.30. The summed E-state index contributed by atoms with van der Waals surface area (Å²) in [5, 5.41) is 20.6. The Balaban J connectivity index is 1.71. The number of benzene rings is 3. The summed E-state index contributed by atoms with van der Waals surface area (Å²) in [7, 11) is 0. The SMILES string of the molecule is O=C(O)NCC(=O)NC(c1ccc(-c2ccccc2)cc1)c1cn[nH]c1-c1ccccc1F. The molecule has 1 atom stereocenters. The Morgan fingerprint density at radius 3 is 2.30 bits per heavy atom. The molecule has 0 radical (unpaired) electrons. The highest BCUT2D eigenvalue weighted by Gasteiger charge is 2.23. The van der Waals surface area contributed by atoms with Crippen LogP contribution in [0.1, 0.15) is 17.2 Å². The number of hydrogen-bond donors (Lipinski definition) is 4. The molecule has 0 saturated heterocycles. The molecule has 1 aromatic heterocycles. The first-order valence-electron chi connectivity index (χ1n) is 10.2.